The van der Waals surface area contributed by atoms with Gasteiger partial charge in [0.1, 0.15) is 11.5 Å². The number of phenols is 2. The molecule has 2 rings (SSSR count). The van der Waals surface area contributed by atoms with E-state index in [0.29, 0.717) is 12.6 Å². The molecule has 0 radical (unpaired) electrons. The third-order valence-electron chi connectivity index (χ3n) is 3.17. The quantitative estimate of drug-likeness (QED) is 0.600. The van der Waals surface area contributed by atoms with Crippen LogP contribution in [0.3, 0.4) is 0 Å². The van der Waals surface area contributed by atoms with Crippen LogP contribution in [0.4, 0.5) is 0 Å². The van der Waals surface area contributed by atoms with Crippen molar-refractivity contribution in [3.05, 3.63) is 23.8 Å². The van der Waals surface area contributed by atoms with Crippen molar-refractivity contribution in [2.75, 3.05) is 13.1 Å². The van der Waals surface area contributed by atoms with Crippen LogP contribution in [0.1, 0.15) is 29.6 Å². The highest BCUT2D eigenvalue weighted by atomic mass is 16.3. The van der Waals surface area contributed by atoms with Crippen LogP contribution in [0, 0.1) is 0 Å². The van der Waals surface area contributed by atoms with Crippen LogP contribution < -0.4 is 10.6 Å². The summed E-state index contributed by atoms with van der Waals surface area (Å²) in [6.45, 7) is 1.61. The van der Waals surface area contributed by atoms with Gasteiger partial charge in [-0.15, -0.1) is 0 Å². The fourth-order valence-electron chi connectivity index (χ4n) is 2.16. The van der Waals surface area contributed by atoms with E-state index >= 15 is 0 Å². The Balaban J connectivity index is 1.85. The highest BCUT2D eigenvalue weighted by Gasteiger charge is 2.15. The van der Waals surface area contributed by atoms with Gasteiger partial charge in [0.25, 0.3) is 5.91 Å². The molecule has 5 heteroatoms. The van der Waals surface area contributed by atoms with Gasteiger partial charge in [0.15, 0.2) is 0 Å². The van der Waals surface area contributed by atoms with Crippen molar-refractivity contribution in [1.82, 2.24) is 10.6 Å². The van der Waals surface area contributed by atoms with Gasteiger partial charge in [0.05, 0.1) is 5.56 Å². The number of rotatable bonds is 4. The van der Waals surface area contributed by atoms with E-state index in [1.807, 2.05) is 0 Å². The number of carbonyl (C=O) groups is 1. The number of hydrogen-bond acceptors (Lipinski definition) is 4. The molecule has 0 aliphatic carbocycles. The van der Waals surface area contributed by atoms with Crippen molar-refractivity contribution < 1.29 is 15.0 Å². The van der Waals surface area contributed by atoms with E-state index in [1.165, 1.54) is 24.6 Å². The van der Waals surface area contributed by atoms with Gasteiger partial charge in [-0.3, -0.25) is 4.79 Å². The largest absolute Gasteiger partial charge is 0.508 e. The van der Waals surface area contributed by atoms with Crippen LogP contribution in [0.2, 0.25) is 0 Å². The first-order valence-corrected chi connectivity index (χ1v) is 6.20. The summed E-state index contributed by atoms with van der Waals surface area (Å²) in [6.07, 6.45) is 3.21. The van der Waals surface area contributed by atoms with Crippen LogP contribution in [0.5, 0.6) is 11.5 Å². The lowest BCUT2D eigenvalue weighted by Crippen LogP contribution is -2.30. The number of carbonyl (C=O) groups excluding carboxylic acids is 1. The van der Waals surface area contributed by atoms with Gasteiger partial charge in [-0.1, -0.05) is 0 Å². The van der Waals surface area contributed by atoms with E-state index in [0.717, 1.165) is 19.4 Å². The molecule has 1 fully saturated rings. The molecule has 1 aliphatic rings. The molecule has 1 atom stereocenters. The minimum absolute atomic E-state index is 0.0320. The Hall–Kier alpha value is -1.75. The van der Waals surface area contributed by atoms with Crippen molar-refractivity contribution in [3.63, 3.8) is 0 Å². The van der Waals surface area contributed by atoms with E-state index in [9.17, 15) is 15.0 Å². The summed E-state index contributed by atoms with van der Waals surface area (Å²) in [7, 11) is 0. The molecule has 1 aromatic carbocycles. The molecule has 0 spiro atoms. The molecule has 98 valence electrons. The fourth-order valence-corrected chi connectivity index (χ4v) is 2.16. The molecule has 1 aliphatic heterocycles. The van der Waals surface area contributed by atoms with Crippen molar-refractivity contribution in [3.8, 4) is 11.5 Å². The first kappa shape index (κ1) is 12.7. The summed E-state index contributed by atoms with van der Waals surface area (Å²) in [5.74, 6) is -0.513. The Morgan fingerprint density at radius 2 is 2.28 bits per heavy atom. The Kier molecular flexibility index (Phi) is 4.04. The van der Waals surface area contributed by atoms with Crippen molar-refractivity contribution in [2.45, 2.75) is 25.3 Å². The topological polar surface area (TPSA) is 81.6 Å². The minimum atomic E-state index is -0.360. The van der Waals surface area contributed by atoms with Gasteiger partial charge in [-0.05, 0) is 44.0 Å². The Morgan fingerprint density at radius 1 is 1.44 bits per heavy atom. The van der Waals surface area contributed by atoms with Crippen LogP contribution in [0.25, 0.3) is 0 Å². The lowest BCUT2D eigenvalue weighted by molar-refractivity contribution is 0.0949. The summed E-state index contributed by atoms with van der Waals surface area (Å²) in [4.78, 5) is 11.8. The normalized spacial score (nSPS) is 18.8. The predicted octanol–water partition coefficient (Wildman–Crippen LogP) is 0.970. The van der Waals surface area contributed by atoms with E-state index in [1.54, 1.807) is 0 Å². The average molecular weight is 250 g/mol. The zero-order valence-corrected chi connectivity index (χ0v) is 10.1. The summed E-state index contributed by atoms with van der Waals surface area (Å²) in [5, 5.41) is 24.9. The summed E-state index contributed by atoms with van der Waals surface area (Å²) in [6, 6.07) is 4.39. The number of benzene rings is 1. The van der Waals surface area contributed by atoms with Crippen LogP contribution >= 0.6 is 0 Å². The third-order valence-corrected chi connectivity index (χ3v) is 3.17. The van der Waals surface area contributed by atoms with Crippen LogP contribution in [-0.4, -0.2) is 35.3 Å². The molecular formula is C13H18N2O3. The Labute approximate surface area is 106 Å². The zero-order chi connectivity index (χ0) is 13.0. The summed E-state index contributed by atoms with van der Waals surface area (Å²) < 4.78 is 0. The molecule has 1 amide bonds. The molecule has 0 aromatic heterocycles. The fraction of sp³-hybridized carbons (Fsp3) is 0.462. The standard InChI is InChI=1S/C13H18N2O3/c16-10-3-4-12(17)11(8-10)13(18)15-7-5-9-2-1-6-14-9/h3-4,8-9,14,16-17H,1-2,5-7H2,(H,15,18). The Morgan fingerprint density at radius 3 is 3.00 bits per heavy atom. The van der Waals surface area contributed by atoms with Gasteiger partial charge < -0.3 is 20.8 Å². The molecule has 0 saturated carbocycles. The molecule has 1 unspecified atom stereocenters. The smallest absolute Gasteiger partial charge is 0.255 e. The van der Waals surface area contributed by atoms with Gasteiger partial charge in [-0.2, -0.15) is 0 Å². The predicted molar refractivity (Wildman–Crippen MR) is 67.7 cm³/mol. The maximum atomic E-state index is 11.8. The zero-order valence-electron chi connectivity index (χ0n) is 10.1. The lowest BCUT2D eigenvalue weighted by Gasteiger charge is -2.11. The second kappa shape index (κ2) is 5.73. The van der Waals surface area contributed by atoms with Crippen LogP contribution in [-0.2, 0) is 0 Å². The molecule has 5 nitrogen and oxygen atoms in total. The number of amides is 1. The molecule has 1 aromatic rings. The van der Waals surface area contributed by atoms with Gasteiger partial charge in [0, 0.05) is 12.6 Å². The number of phenolic OH excluding ortho intramolecular Hbond substituents is 2. The minimum Gasteiger partial charge on any atom is -0.508 e. The van der Waals surface area contributed by atoms with Crippen molar-refractivity contribution in [2.24, 2.45) is 0 Å². The second-order valence-electron chi connectivity index (χ2n) is 4.54. The highest BCUT2D eigenvalue weighted by molar-refractivity contribution is 5.97. The lowest BCUT2D eigenvalue weighted by atomic mass is 10.1. The average Bonchev–Trinajstić information content (AvgIpc) is 2.85. The van der Waals surface area contributed by atoms with Gasteiger partial charge in [-0.25, -0.2) is 0 Å². The molecule has 18 heavy (non-hydrogen) atoms. The second-order valence-corrected chi connectivity index (χ2v) is 4.54. The van der Waals surface area contributed by atoms with Gasteiger partial charge >= 0.3 is 0 Å². The number of hydrogen-bond donors (Lipinski definition) is 4. The first-order valence-electron chi connectivity index (χ1n) is 6.20. The van der Waals surface area contributed by atoms with E-state index in [-0.39, 0.29) is 23.0 Å². The van der Waals surface area contributed by atoms with Crippen molar-refractivity contribution >= 4 is 5.91 Å². The molecule has 1 heterocycles. The third kappa shape index (κ3) is 3.13. The first-order chi connectivity index (χ1) is 8.66. The molecule has 0 bridgehead atoms. The molecular weight excluding hydrogens is 232 g/mol. The molecule has 1 saturated heterocycles. The monoisotopic (exact) mass is 250 g/mol. The summed E-state index contributed by atoms with van der Waals surface area (Å²) in [5.41, 5.74) is 0.106. The maximum Gasteiger partial charge on any atom is 0.255 e. The van der Waals surface area contributed by atoms with E-state index in [2.05, 4.69) is 10.6 Å². The molecule has 4 N–H and O–H groups in total. The van der Waals surface area contributed by atoms with E-state index in [4.69, 9.17) is 0 Å². The number of aromatic hydroxyl groups is 2. The Bertz CT molecular complexity index is 428. The van der Waals surface area contributed by atoms with Crippen molar-refractivity contribution in [1.29, 1.82) is 0 Å². The maximum absolute atomic E-state index is 11.8. The van der Waals surface area contributed by atoms with Gasteiger partial charge in [0.2, 0.25) is 0 Å². The highest BCUT2D eigenvalue weighted by Crippen LogP contribution is 2.21. The summed E-state index contributed by atoms with van der Waals surface area (Å²) >= 11 is 0. The SMILES string of the molecule is O=C(NCCC1CCCN1)c1cc(O)ccc1O. The number of nitrogens with one attached hydrogen (secondary N) is 2. The van der Waals surface area contributed by atoms with Crippen LogP contribution in [0.15, 0.2) is 18.2 Å². The van der Waals surface area contributed by atoms with E-state index < -0.39 is 0 Å².